The normalized spacial score (nSPS) is 23.9. The number of carboxylic acid groups (broad SMARTS) is 1. The lowest BCUT2D eigenvalue weighted by molar-refractivity contribution is -0.140. The number of carbonyl (C=O) groups is 2. The molecule has 2 amide bonds. The maximum Gasteiger partial charge on any atom is 0.328 e. The van der Waals surface area contributed by atoms with E-state index in [0.717, 1.165) is 0 Å². The van der Waals surface area contributed by atoms with E-state index in [1.807, 2.05) is 5.32 Å². The molecule has 0 aromatic heterocycles. The van der Waals surface area contributed by atoms with Crippen LogP contribution in [0.25, 0.3) is 0 Å². The fraction of sp³-hybridized carbons (Fsp3) is 0.750. The van der Waals surface area contributed by atoms with E-state index in [2.05, 4.69) is 5.32 Å². The summed E-state index contributed by atoms with van der Waals surface area (Å²) in [6.45, 7) is -0.730. The Kier molecular flexibility index (Phi) is 4.29. The second-order valence-corrected chi connectivity index (χ2v) is 6.02. The predicted molar refractivity (Wildman–Crippen MR) is 57.2 cm³/mol. The van der Waals surface area contributed by atoms with Gasteiger partial charge in [0.1, 0.15) is 0 Å². The van der Waals surface area contributed by atoms with Gasteiger partial charge in [0.15, 0.2) is 15.9 Å². The highest BCUT2D eigenvalue weighted by Gasteiger charge is 2.29. The molecule has 9 heteroatoms. The van der Waals surface area contributed by atoms with Gasteiger partial charge in [-0.2, -0.15) is 0 Å². The molecule has 4 N–H and O–H groups in total. The summed E-state index contributed by atoms with van der Waals surface area (Å²) >= 11 is 0. The zero-order chi connectivity index (χ0) is 13.1. The van der Waals surface area contributed by atoms with E-state index in [0.29, 0.717) is 6.42 Å². The molecule has 0 aromatic rings. The minimum atomic E-state index is -3.10. The Hall–Kier alpha value is -1.35. The largest absolute Gasteiger partial charge is 0.480 e. The molecule has 1 aliphatic heterocycles. The molecule has 0 radical (unpaired) electrons. The van der Waals surface area contributed by atoms with Crippen molar-refractivity contribution in [3.05, 3.63) is 0 Å². The van der Waals surface area contributed by atoms with Gasteiger partial charge in [0, 0.05) is 6.04 Å². The first-order valence-electron chi connectivity index (χ1n) is 4.95. The molecule has 0 spiro atoms. The maximum atomic E-state index is 11.3. The van der Waals surface area contributed by atoms with Gasteiger partial charge in [-0.25, -0.2) is 18.0 Å². The summed E-state index contributed by atoms with van der Waals surface area (Å²) in [5.41, 5.74) is 0. The molecule has 2 atom stereocenters. The molecule has 8 nitrogen and oxygen atoms in total. The van der Waals surface area contributed by atoms with Gasteiger partial charge in [0.25, 0.3) is 0 Å². The fourth-order valence-corrected chi connectivity index (χ4v) is 3.15. The van der Waals surface area contributed by atoms with Gasteiger partial charge in [-0.05, 0) is 6.42 Å². The minimum absolute atomic E-state index is 0.0142. The molecular weight excluding hydrogens is 252 g/mol. The molecule has 2 unspecified atom stereocenters. The van der Waals surface area contributed by atoms with E-state index in [9.17, 15) is 18.0 Å². The van der Waals surface area contributed by atoms with Gasteiger partial charge < -0.3 is 20.8 Å². The van der Waals surface area contributed by atoms with E-state index in [4.69, 9.17) is 10.2 Å². The van der Waals surface area contributed by atoms with Crippen LogP contribution in [0.5, 0.6) is 0 Å². The van der Waals surface area contributed by atoms with Gasteiger partial charge >= 0.3 is 12.0 Å². The Morgan fingerprint density at radius 1 is 1.41 bits per heavy atom. The summed E-state index contributed by atoms with van der Waals surface area (Å²) in [6, 6.07) is -2.70. The lowest BCUT2D eigenvalue weighted by Crippen LogP contribution is -2.50. The van der Waals surface area contributed by atoms with Crippen LogP contribution in [0, 0.1) is 0 Å². The van der Waals surface area contributed by atoms with Gasteiger partial charge in [0.2, 0.25) is 0 Å². The lowest BCUT2D eigenvalue weighted by atomic mass is 10.3. The molecule has 0 aliphatic carbocycles. The quantitative estimate of drug-likeness (QED) is 0.461. The molecule has 1 saturated heterocycles. The van der Waals surface area contributed by atoms with E-state index in [1.165, 1.54) is 0 Å². The van der Waals surface area contributed by atoms with Crippen molar-refractivity contribution in [1.82, 2.24) is 10.6 Å². The van der Waals surface area contributed by atoms with E-state index < -0.39 is 40.5 Å². The predicted octanol–water partition coefficient (Wildman–Crippen LogP) is -2.08. The van der Waals surface area contributed by atoms with Crippen LogP contribution in [0.15, 0.2) is 0 Å². The highest BCUT2D eigenvalue weighted by Crippen LogP contribution is 2.10. The Balaban J connectivity index is 2.43. The number of aliphatic carboxylic acids is 1. The zero-order valence-corrected chi connectivity index (χ0v) is 9.74. The molecular formula is C8H14N2O6S. The maximum absolute atomic E-state index is 11.3. The Labute approximate surface area is 97.9 Å². The SMILES string of the molecule is O=C(NC1CCS(=O)(=O)C1)NC(CO)C(=O)O. The van der Waals surface area contributed by atoms with Crippen molar-refractivity contribution < 1.29 is 28.2 Å². The van der Waals surface area contributed by atoms with Gasteiger partial charge in [0.05, 0.1) is 18.1 Å². The topological polar surface area (TPSA) is 133 Å². The molecule has 0 saturated carbocycles. The number of sulfone groups is 1. The van der Waals surface area contributed by atoms with Crippen molar-refractivity contribution in [2.45, 2.75) is 18.5 Å². The smallest absolute Gasteiger partial charge is 0.328 e. The number of urea groups is 1. The molecule has 1 aliphatic rings. The average molecular weight is 266 g/mol. The lowest BCUT2D eigenvalue weighted by Gasteiger charge is -2.15. The monoisotopic (exact) mass is 266 g/mol. The van der Waals surface area contributed by atoms with Crippen molar-refractivity contribution >= 4 is 21.8 Å². The Bertz CT molecular complexity index is 406. The van der Waals surface area contributed by atoms with Gasteiger partial charge in [-0.15, -0.1) is 0 Å². The molecule has 1 fully saturated rings. The van der Waals surface area contributed by atoms with Crippen molar-refractivity contribution in [1.29, 1.82) is 0 Å². The first-order valence-corrected chi connectivity index (χ1v) is 6.77. The number of nitrogens with one attached hydrogen (secondary N) is 2. The molecule has 98 valence electrons. The summed E-state index contributed by atoms with van der Waals surface area (Å²) in [5.74, 6) is -1.49. The number of hydrogen-bond donors (Lipinski definition) is 4. The van der Waals surface area contributed by atoms with Crippen molar-refractivity contribution in [2.75, 3.05) is 18.1 Å². The van der Waals surface area contributed by atoms with Gasteiger partial charge in [-0.3, -0.25) is 0 Å². The average Bonchev–Trinajstić information content (AvgIpc) is 2.54. The van der Waals surface area contributed by atoms with Crippen molar-refractivity contribution in [3.63, 3.8) is 0 Å². The minimum Gasteiger partial charge on any atom is -0.480 e. The number of rotatable bonds is 4. The number of carbonyl (C=O) groups excluding carboxylic acids is 1. The van der Waals surface area contributed by atoms with Crippen LogP contribution in [-0.2, 0) is 14.6 Å². The van der Waals surface area contributed by atoms with Crippen LogP contribution in [0.4, 0.5) is 4.79 Å². The number of aliphatic hydroxyl groups is 1. The molecule has 0 bridgehead atoms. The number of carboxylic acids is 1. The Morgan fingerprint density at radius 3 is 2.47 bits per heavy atom. The number of aliphatic hydroxyl groups excluding tert-OH is 1. The van der Waals surface area contributed by atoms with Crippen molar-refractivity contribution in [3.8, 4) is 0 Å². The molecule has 1 rings (SSSR count). The van der Waals surface area contributed by atoms with Gasteiger partial charge in [-0.1, -0.05) is 0 Å². The van der Waals surface area contributed by atoms with Crippen LogP contribution in [-0.4, -0.2) is 60.8 Å². The third-order valence-electron chi connectivity index (χ3n) is 2.35. The highest BCUT2D eigenvalue weighted by molar-refractivity contribution is 7.91. The molecule has 17 heavy (non-hydrogen) atoms. The summed E-state index contributed by atoms with van der Waals surface area (Å²) in [6.07, 6.45) is 0.312. The third kappa shape index (κ3) is 4.19. The van der Waals surface area contributed by atoms with E-state index in [-0.39, 0.29) is 11.5 Å². The second-order valence-electron chi connectivity index (χ2n) is 3.79. The molecule has 1 heterocycles. The van der Waals surface area contributed by atoms with E-state index in [1.54, 1.807) is 0 Å². The second kappa shape index (κ2) is 5.32. The standard InChI is InChI=1S/C8H14N2O6S/c11-3-6(7(12)13)10-8(14)9-5-1-2-17(15,16)4-5/h5-6,11H,1-4H2,(H,12,13)(H2,9,10,14). The summed E-state index contributed by atoms with van der Waals surface area (Å²) in [4.78, 5) is 21.8. The Morgan fingerprint density at radius 2 is 2.06 bits per heavy atom. The van der Waals surface area contributed by atoms with Crippen molar-refractivity contribution in [2.24, 2.45) is 0 Å². The summed E-state index contributed by atoms with van der Waals surface area (Å²) in [7, 11) is -3.10. The zero-order valence-electron chi connectivity index (χ0n) is 8.92. The summed E-state index contributed by atoms with van der Waals surface area (Å²) in [5, 5.41) is 21.6. The van der Waals surface area contributed by atoms with Crippen LogP contribution < -0.4 is 10.6 Å². The first kappa shape index (κ1) is 13.7. The van der Waals surface area contributed by atoms with Crippen LogP contribution in [0.2, 0.25) is 0 Å². The first-order chi connectivity index (χ1) is 7.84. The van der Waals surface area contributed by atoms with E-state index >= 15 is 0 Å². The third-order valence-corrected chi connectivity index (χ3v) is 4.12. The van der Waals surface area contributed by atoms with Crippen LogP contribution in [0.1, 0.15) is 6.42 Å². The molecule has 0 aromatic carbocycles. The van der Waals surface area contributed by atoms with Crippen LogP contribution >= 0.6 is 0 Å². The number of hydrogen-bond acceptors (Lipinski definition) is 5. The fourth-order valence-electron chi connectivity index (χ4n) is 1.48. The number of amides is 2. The summed E-state index contributed by atoms with van der Waals surface area (Å²) < 4.78 is 22.2. The van der Waals surface area contributed by atoms with Crippen LogP contribution in [0.3, 0.4) is 0 Å². The highest BCUT2D eigenvalue weighted by atomic mass is 32.2.